The maximum Gasteiger partial charge on any atom is 0.280 e. The zero-order chi connectivity index (χ0) is 18.6. The first kappa shape index (κ1) is 19.5. The number of methoxy groups -OCH3 is 2. The second-order valence-corrected chi connectivity index (χ2v) is 7.61. The van der Waals surface area contributed by atoms with Crippen molar-refractivity contribution in [1.29, 1.82) is 0 Å². The number of hydrogen-bond acceptors (Lipinski definition) is 5. The molecule has 0 bridgehead atoms. The molecule has 1 aliphatic rings. The fourth-order valence-corrected chi connectivity index (χ4v) is 4.04. The van der Waals surface area contributed by atoms with E-state index in [9.17, 15) is 13.2 Å². The van der Waals surface area contributed by atoms with Crippen LogP contribution in [0.3, 0.4) is 0 Å². The minimum atomic E-state index is -3.76. The van der Waals surface area contributed by atoms with Crippen molar-refractivity contribution < 1.29 is 22.7 Å². The third-order valence-electron chi connectivity index (χ3n) is 4.23. The zero-order valence-corrected chi connectivity index (χ0v) is 15.7. The molecule has 1 aromatic carbocycles. The van der Waals surface area contributed by atoms with Crippen molar-refractivity contribution in [3.63, 3.8) is 0 Å². The molecule has 2 N–H and O–H groups in total. The van der Waals surface area contributed by atoms with E-state index in [1.165, 1.54) is 21.3 Å². The van der Waals surface area contributed by atoms with Gasteiger partial charge in [0.2, 0.25) is 5.91 Å². The minimum Gasteiger partial charge on any atom is -0.493 e. The summed E-state index contributed by atoms with van der Waals surface area (Å²) in [4.78, 5) is 12.4. The Kier molecular flexibility index (Phi) is 6.26. The van der Waals surface area contributed by atoms with E-state index in [-0.39, 0.29) is 5.91 Å². The van der Waals surface area contributed by atoms with Crippen LogP contribution < -0.4 is 19.5 Å². The second-order valence-electron chi connectivity index (χ2n) is 5.85. The Labute approximate surface area is 148 Å². The summed E-state index contributed by atoms with van der Waals surface area (Å²) in [6.07, 6.45) is 1.10. The van der Waals surface area contributed by atoms with Crippen LogP contribution in [0, 0.1) is 0 Å². The summed E-state index contributed by atoms with van der Waals surface area (Å²) < 4.78 is 39.0. The molecule has 25 heavy (non-hydrogen) atoms. The van der Waals surface area contributed by atoms with Crippen molar-refractivity contribution in [2.24, 2.45) is 0 Å². The SMILES string of the molecule is CCCNC(=O)[C@H]1C[C@@H](c2ccc(OC)c(OC)c2)NS(=O)(=O)N1C. The Morgan fingerprint density at radius 3 is 2.60 bits per heavy atom. The van der Waals surface area contributed by atoms with E-state index >= 15 is 0 Å². The lowest BCUT2D eigenvalue weighted by molar-refractivity contribution is -0.125. The van der Waals surface area contributed by atoms with Gasteiger partial charge in [0.25, 0.3) is 10.2 Å². The Hall–Kier alpha value is -1.84. The fourth-order valence-electron chi connectivity index (χ4n) is 2.76. The largest absolute Gasteiger partial charge is 0.493 e. The first-order valence-corrected chi connectivity index (χ1v) is 9.53. The summed E-state index contributed by atoms with van der Waals surface area (Å²) in [6, 6.07) is 3.90. The van der Waals surface area contributed by atoms with Crippen LogP contribution in [0.2, 0.25) is 0 Å². The number of hydrogen-bond donors (Lipinski definition) is 2. The molecule has 0 unspecified atom stereocenters. The zero-order valence-electron chi connectivity index (χ0n) is 14.9. The van der Waals surface area contributed by atoms with E-state index < -0.39 is 22.3 Å². The summed E-state index contributed by atoms with van der Waals surface area (Å²) in [5, 5.41) is 2.77. The molecule has 140 valence electrons. The number of nitrogens with zero attached hydrogens (tertiary/aromatic N) is 1. The summed E-state index contributed by atoms with van der Waals surface area (Å²) in [7, 11) is 0.690. The smallest absolute Gasteiger partial charge is 0.280 e. The van der Waals surface area contributed by atoms with Crippen LogP contribution in [0.4, 0.5) is 0 Å². The molecule has 2 atom stereocenters. The average Bonchev–Trinajstić information content (AvgIpc) is 2.60. The molecule has 2 rings (SSSR count). The van der Waals surface area contributed by atoms with E-state index in [4.69, 9.17) is 9.47 Å². The van der Waals surface area contributed by atoms with Crippen LogP contribution in [0.15, 0.2) is 18.2 Å². The van der Waals surface area contributed by atoms with Gasteiger partial charge in [-0.3, -0.25) is 4.79 Å². The number of ether oxygens (including phenoxy) is 2. The van der Waals surface area contributed by atoms with Crippen LogP contribution in [0.1, 0.15) is 31.4 Å². The van der Waals surface area contributed by atoms with Gasteiger partial charge in [0.15, 0.2) is 11.5 Å². The maximum atomic E-state index is 12.4. The van der Waals surface area contributed by atoms with Crippen LogP contribution in [-0.4, -0.2) is 52.5 Å². The third-order valence-corrected chi connectivity index (χ3v) is 5.83. The molecule has 0 saturated carbocycles. The molecule has 0 aromatic heterocycles. The highest BCUT2D eigenvalue weighted by atomic mass is 32.2. The first-order chi connectivity index (χ1) is 11.8. The molecular formula is C16H25N3O5S. The summed E-state index contributed by atoms with van der Waals surface area (Å²) in [5.74, 6) is 0.768. The molecule has 0 spiro atoms. The van der Waals surface area contributed by atoms with Gasteiger partial charge in [-0.2, -0.15) is 17.4 Å². The van der Waals surface area contributed by atoms with Crippen molar-refractivity contribution in [2.75, 3.05) is 27.8 Å². The first-order valence-electron chi connectivity index (χ1n) is 8.09. The number of carbonyl (C=O) groups is 1. The van der Waals surface area contributed by atoms with Gasteiger partial charge < -0.3 is 14.8 Å². The number of likely N-dealkylation sites (N-methyl/N-ethyl adjacent to an activating group) is 1. The van der Waals surface area contributed by atoms with Crippen molar-refractivity contribution >= 4 is 16.1 Å². The lowest BCUT2D eigenvalue weighted by atomic mass is 9.99. The number of amides is 1. The lowest BCUT2D eigenvalue weighted by Crippen LogP contribution is -2.57. The fraction of sp³-hybridized carbons (Fsp3) is 0.562. The Bertz CT molecular complexity index is 722. The summed E-state index contributed by atoms with van der Waals surface area (Å²) >= 11 is 0. The van der Waals surface area contributed by atoms with Gasteiger partial charge in [0, 0.05) is 13.6 Å². The number of carbonyl (C=O) groups excluding carboxylic acids is 1. The summed E-state index contributed by atoms with van der Waals surface area (Å²) in [5.41, 5.74) is 0.711. The van der Waals surface area contributed by atoms with Gasteiger partial charge in [-0.1, -0.05) is 13.0 Å². The molecule has 1 saturated heterocycles. The molecule has 1 aromatic rings. The minimum absolute atomic E-state index is 0.292. The van der Waals surface area contributed by atoms with Crippen molar-refractivity contribution in [2.45, 2.75) is 31.8 Å². The molecule has 1 heterocycles. The van der Waals surface area contributed by atoms with E-state index in [1.807, 2.05) is 6.92 Å². The van der Waals surface area contributed by atoms with Crippen LogP contribution >= 0.6 is 0 Å². The molecule has 0 aliphatic carbocycles. The van der Waals surface area contributed by atoms with Crippen molar-refractivity contribution in [1.82, 2.24) is 14.3 Å². The molecule has 1 aliphatic heterocycles. The van der Waals surface area contributed by atoms with Crippen LogP contribution in [-0.2, 0) is 15.0 Å². The average molecular weight is 371 g/mol. The highest BCUT2D eigenvalue weighted by molar-refractivity contribution is 7.87. The predicted molar refractivity (Wildman–Crippen MR) is 93.8 cm³/mol. The maximum absolute atomic E-state index is 12.4. The normalized spacial score (nSPS) is 23.0. The summed E-state index contributed by atoms with van der Waals surface area (Å²) in [6.45, 7) is 2.45. The van der Waals surface area contributed by atoms with E-state index in [0.29, 0.717) is 30.0 Å². The Balaban J connectivity index is 2.31. The van der Waals surface area contributed by atoms with Crippen molar-refractivity contribution in [3.8, 4) is 11.5 Å². The number of nitrogens with one attached hydrogen (secondary N) is 2. The van der Waals surface area contributed by atoms with Gasteiger partial charge in [-0.05, 0) is 30.5 Å². The predicted octanol–water partition coefficient (Wildman–Crippen LogP) is 0.810. The highest BCUT2D eigenvalue weighted by Crippen LogP contribution is 2.34. The number of benzene rings is 1. The Morgan fingerprint density at radius 1 is 1.32 bits per heavy atom. The second kappa shape index (κ2) is 8.03. The molecule has 1 amide bonds. The third kappa shape index (κ3) is 4.23. The van der Waals surface area contributed by atoms with Gasteiger partial charge in [0.1, 0.15) is 6.04 Å². The van der Waals surface area contributed by atoms with E-state index in [1.54, 1.807) is 18.2 Å². The topological polar surface area (TPSA) is 97.0 Å². The van der Waals surface area contributed by atoms with Gasteiger partial charge in [0.05, 0.1) is 20.3 Å². The highest BCUT2D eigenvalue weighted by Gasteiger charge is 2.40. The van der Waals surface area contributed by atoms with E-state index in [2.05, 4.69) is 10.0 Å². The standard InChI is InChI=1S/C16H25N3O5S/c1-5-8-17-16(20)13-10-12(18-25(21,22)19(13)2)11-6-7-14(23-3)15(9-11)24-4/h6-7,9,12-13,18H,5,8,10H2,1-4H3,(H,17,20)/t12-,13+/m0/s1. The Morgan fingerprint density at radius 2 is 2.00 bits per heavy atom. The molecule has 1 fully saturated rings. The van der Waals surface area contributed by atoms with Gasteiger partial charge in [-0.25, -0.2) is 0 Å². The molecular weight excluding hydrogens is 346 g/mol. The van der Waals surface area contributed by atoms with Gasteiger partial charge >= 0.3 is 0 Å². The monoisotopic (exact) mass is 371 g/mol. The molecule has 9 heteroatoms. The van der Waals surface area contributed by atoms with Crippen LogP contribution in [0.25, 0.3) is 0 Å². The van der Waals surface area contributed by atoms with Crippen LogP contribution in [0.5, 0.6) is 11.5 Å². The van der Waals surface area contributed by atoms with Gasteiger partial charge in [-0.15, -0.1) is 0 Å². The molecule has 8 nitrogen and oxygen atoms in total. The van der Waals surface area contributed by atoms with Crippen molar-refractivity contribution in [3.05, 3.63) is 23.8 Å². The molecule has 0 radical (unpaired) electrons. The number of rotatable bonds is 6. The van der Waals surface area contributed by atoms with E-state index in [0.717, 1.165) is 10.7 Å². The quantitative estimate of drug-likeness (QED) is 0.771. The lowest BCUT2D eigenvalue weighted by Gasteiger charge is -2.36.